The van der Waals surface area contributed by atoms with Crippen molar-refractivity contribution in [2.75, 3.05) is 25.4 Å². The van der Waals surface area contributed by atoms with E-state index in [1.54, 1.807) is 24.3 Å². The molecule has 0 unspecified atom stereocenters. The number of para-hydroxylation sites is 1. The van der Waals surface area contributed by atoms with E-state index in [2.05, 4.69) is 0 Å². The summed E-state index contributed by atoms with van der Waals surface area (Å²) in [5.41, 5.74) is 0. The Labute approximate surface area is 152 Å². The van der Waals surface area contributed by atoms with Crippen LogP contribution in [0, 0.1) is 5.82 Å². The van der Waals surface area contributed by atoms with Gasteiger partial charge in [-0.05, 0) is 36.4 Å². The minimum absolute atomic E-state index is 0.00615. The second-order valence-corrected chi connectivity index (χ2v) is 10.2. The van der Waals surface area contributed by atoms with Crippen molar-refractivity contribution in [3.8, 4) is 5.75 Å². The van der Waals surface area contributed by atoms with E-state index >= 15 is 0 Å². The lowest BCUT2D eigenvalue weighted by atomic mass is 10.3. The largest absolute Gasteiger partial charge is 0.492 e. The Hall–Kier alpha value is -1.97. The summed E-state index contributed by atoms with van der Waals surface area (Å²) in [6.07, 6.45) is 0. The first kappa shape index (κ1) is 18.8. The highest BCUT2D eigenvalue weighted by molar-refractivity contribution is 7.92. The summed E-state index contributed by atoms with van der Waals surface area (Å²) >= 11 is 0. The van der Waals surface area contributed by atoms with E-state index in [9.17, 15) is 21.2 Å². The van der Waals surface area contributed by atoms with Gasteiger partial charge in [-0.3, -0.25) is 0 Å². The van der Waals surface area contributed by atoms with E-state index in [4.69, 9.17) is 4.74 Å². The molecule has 0 N–H and O–H groups in total. The maximum atomic E-state index is 12.9. The van der Waals surface area contributed by atoms with Gasteiger partial charge in [-0.15, -0.1) is 0 Å². The number of hydrogen-bond donors (Lipinski definition) is 0. The van der Waals surface area contributed by atoms with Crippen LogP contribution in [-0.2, 0) is 19.9 Å². The van der Waals surface area contributed by atoms with Gasteiger partial charge in [0.15, 0.2) is 9.84 Å². The van der Waals surface area contributed by atoms with Crippen molar-refractivity contribution in [2.24, 2.45) is 0 Å². The summed E-state index contributed by atoms with van der Waals surface area (Å²) < 4.78 is 68.8. The van der Waals surface area contributed by atoms with Crippen LogP contribution in [0.1, 0.15) is 0 Å². The molecule has 140 valence electrons. The van der Waals surface area contributed by atoms with Gasteiger partial charge in [0.2, 0.25) is 10.0 Å². The molecule has 0 bridgehead atoms. The zero-order valence-corrected chi connectivity index (χ0v) is 15.4. The first-order valence-electron chi connectivity index (χ1n) is 7.94. The summed E-state index contributed by atoms with van der Waals surface area (Å²) in [6, 6.07) is 13.4. The monoisotopic (exact) mass is 399 g/mol. The SMILES string of the molecule is O=S(=O)(c1ccc(F)cc1)C1CN(S(=O)(=O)CCOc2ccccc2)C1. The van der Waals surface area contributed by atoms with Crippen LogP contribution in [0.5, 0.6) is 5.75 Å². The number of rotatable bonds is 7. The Morgan fingerprint density at radius 2 is 1.58 bits per heavy atom. The van der Waals surface area contributed by atoms with Crippen molar-refractivity contribution in [1.29, 1.82) is 0 Å². The first-order valence-corrected chi connectivity index (χ1v) is 11.1. The molecule has 0 radical (unpaired) electrons. The van der Waals surface area contributed by atoms with Crippen molar-refractivity contribution < 1.29 is 26.0 Å². The molecule has 2 aromatic carbocycles. The van der Waals surface area contributed by atoms with Crippen LogP contribution < -0.4 is 4.74 Å². The van der Waals surface area contributed by atoms with Crippen LogP contribution in [0.15, 0.2) is 59.5 Å². The van der Waals surface area contributed by atoms with Crippen LogP contribution in [0.4, 0.5) is 4.39 Å². The van der Waals surface area contributed by atoms with E-state index < -0.39 is 30.9 Å². The molecule has 1 fully saturated rings. The van der Waals surface area contributed by atoms with E-state index in [-0.39, 0.29) is 30.3 Å². The fraction of sp³-hybridized carbons (Fsp3) is 0.294. The van der Waals surface area contributed by atoms with Gasteiger partial charge in [0, 0.05) is 13.1 Å². The number of nitrogens with zero attached hydrogens (tertiary/aromatic N) is 1. The second kappa shape index (κ2) is 7.34. The molecule has 2 aromatic rings. The molecule has 0 amide bonds. The maximum Gasteiger partial charge on any atom is 0.217 e. The summed E-state index contributed by atoms with van der Waals surface area (Å²) in [6.45, 7) is -0.223. The number of benzene rings is 2. The highest BCUT2D eigenvalue weighted by Gasteiger charge is 2.43. The Morgan fingerprint density at radius 1 is 0.962 bits per heavy atom. The normalized spacial score (nSPS) is 16.2. The van der Waals surface area contributed by atoms with Crippen LogP contribution >= 0.6 is 0 Å². The Kier molecular flexibility index (Phi) is 5.31. The molecule has 26 heavy (non-hydrogen) atoms. The molecule has 9 heteroatoms. The second-order valence-electron chi connectivity index (χ2n) is 5.92. The van der Waals surface area contributed by atoms with Gasteiger partial charge < -0.3 is 4.74 Å². The topological polar surface area (TPSA) is 80.8 Å². The third-order valence-electron chi connectivity index (χ3n) is 4.14. The molecular weight excluding hydrogens is 381 g/mol. The Morgan fingerprint density at radius 3 is 2.19 bits per heavy atom. The molecule has 1 aliphatic rings. The van der Waals surface area contributed by atoms with Gasteiger partial charge in [0.25, 0.3) is 0 Å². The van der Waals surface area contributed by atoms with E-state index in [0.29, 0.717) is 5.75 Å². The lowest BCUT2D eigenvalue weighted by Crippen LogP contribution is -2.57. The van der Waals surface area contributed by atoms with E-state index in [0.717, 1.165) is 16.4 Å². The van der Waals surface area contributed by atoms with Crippen LogP contribution in [0.2, 0.25) is 0 Å². The smallest absolute Gasteiger partial charge is 0.217 e. The maximum absolute atomic E-state index is 12.9. The zero-order valence-electron chi connectivity index (χ0n) is 13.8. The van der Waals surface area contributed by atoms with Crippen LogP contribution in [0.3, 0.4) is 0 Å². The van der Waals surface area contributed by atoms with E-state index in [1.165, 1.54) is 12.1 Å². The quantitative estimate of drug-likeness (QED) is 0.662. The van der Waals surface area contributed by atoms with Crippen molar-refractivity contribution in [1.82, 2.24) is 4.31 Å². The average molecular weight is 399 g/mol. The summed E-state index contributed by atoms with van der Waals surface area (Å²) in [5.74, 6) is -0.186. The van der Waals surface area contributed by atoms with Crippen LogP contribution in [0.25, 0.3) is 0 Å². The minimum atomic E-state index is -3.68. The minimum Gasteiger partial charge on any atom is -0.492 e. The van der Waals surface area contributed by atoms with Gasteiger partial charge in [-0.25, -0.2) is 21.2 Å². The van der Waals surface area contributed by atoms with Crippen molar-refractivity contribution >= 4 is 19.9 Å². The van der Waals surface area contributed by atoms with Gasteiger partial charge in [-0.1, -0.05) is 18.2 Å². The molecule has 0 saturated carbocycles. The van der Waals surface area contributed by atoms with Crippen molar-refractivity contribution in [2.45, 2.75) is 10.1 Å². The zero-order chi connectivity index (χ0) is 18.8. The lowest BCUT2D eigenvalue weighted by molar-refractivity contribution is 0.298. The molecule has 1 heterocycles. The lowest BCUT2D eigenvalue weighted by Gasteiger charge is -2.37. The first-order chi connectivity index (χ1) is 12.3. The molecule has 6 nitrogen and oxygen atoms in total. The Bertz CT molecular complexity index is 954. The van der Waals surface area contributed by atoms with Gasteiger partial charge in [0.05, 0.1) is 15.9 Å². The third kappa shape index (κ3) is 4.05. The standard InChI is InChI=1S/C17H18FNO5S2/c18-14-6-8-16(9-7-14)26(22,23)17-12-19(13-17)25(20,21)11-10-24-15-4-2-1-3-5-15/h1-9,17H,10-13H2. The predicted molar refractivity (Wildman–Crippen MR) is 94.7 cm³/mol. The fourth-order valence-electron chi connectivity index (χ4n) is 2.55. The molecule has 1 aliphatic heterocycles. The number of sulfonamides is 1. The average Bonchev–Trinajstić information content (AvgIpc) is 2.54. The molecule has 3 rings (SSSR count). The number of ether oxygens (including phenoxy) is 1. The van der Waals surface area contributed by atoms with E-state index in [1.807, 2.05) is 6.07 Å². The summed E-state index contributed by atoms with van der Waals surface area (Å²) in [5, 5.41) is -0.822. The van der Waals surface area contributed by atoms with Gasteiger partial charge in [-0.2, -0.15) is 4.31 Å². The number of sulfone groups is 1. The molecule has 0 spiro atoms. The van der Waals surface area contributed by atoms with Gasteiger partial charge in [0.1, 0.15) is 18.2 Å². The Balaban J connectivity index is 1.55. The predicted octanol–water partition coefficient (Wildman–Crippen LogP) is 1.69. The highest BCUT2D eigenvalue weighted by atomic mass is 32.2. The fourth-order valence-corrected chi connectivity index (χ4v) is 5.76. The highest BCUT2D eigenvalue weighted by Crippen LogP contribution is 2.26. The molecule has 0 atom stereocenters. The molecular formula is C17H18FNO5S2. The van der Waals surface area contributed by atoms with Crippen LogP contribution in [-0.4, -0.2) is 51.8 Å². The molecule has 0 aromatic heterocycles. The van der Waals surface area contributed by atoms with Crippen molar-refractivity contribution in [3.05, 3.63) is 60.4 Å². The van der Waals surface area contributed by atoms with Crippen molar-refractivity contribution in [3.63, 3.8) is 0 Å². The summed E-state index contributed by atoms with van der Waals surface area (Å²) in [7, 11) is -7.27. The number of hydrogen-bond acceptors (Lipinski definition) is 5. The summed E-state index contributed by atoms with van der Waals surface area (Å²) in [4.78, 5) is -0.00615. The molecule has 1 saturated heterocycles. The number of halogens is 1. The third-order valence-corrected chi connectivity index (χ3v) is 8.01. The molecule has 0 aliphatic carbocycles. The van der Waals surface area contributed by atoms with Gasteiger partial charge >= 0.3 is 0 Å².